The quantitative estimate of drug-likeness (QED) is 0.201. The minimum absolute atomic E-state index is 0.0111. The van der Waals surface area contributed by atoms with Crippen LogP contribution in [0.15, 0.2) is 12.2 Å². The van der Waals surface area contributed by atoms with Crippen molar-refractivity contribution in [2.75, 3.05) is 19.7 Å². The predicted molar refractivity (Wildman–Crippen MR) is 134 cm³/mol. The minimum atomic E-state index is -3.00. The zero-order valence-electron chi connectivity index (χ0n) is 21.1. The molecule has 0 spiro atoms. The van der Waals surface area contributed by atoms with Crippen LogP contribution in [0.5, 0.6) is 0 Å². The van der Waals surface area contributed by atoms with Gasteiger partial charge in [0.15, 0.2) is 25.0 Å². The molecule has 1 amide bonds. The molecule has 0 aliphatic heterocycles. The van der Waals surface area contributed by atoms with Crippen LogP contribution in [-0.4, -0.2) is 75.5 Å². The molecule has 0 aromatic carbocycles. The van der Waals surface area contributed by atoms with Crippen LogP contribution in [0.2, 0.25) is 65.0 Å². The molecule has 0 aliphatic carbocycles. The molecule has 0 aromatic rings. The Bertz CT molecular complexity index is 583. The van der Waals surface area contributed by atoms with Crippen LogP contribution in [0.4, 0.5) is 4.79 Å². The Morgan fingerprint density at radius 2 is 1.26 bits per heavy atom. The predicted octanol–water partition coefficient (Wildman–Crippen LogP) is 4.97. The summed E-state index contributed by atoms with van der Waals surface area (Å²) in [7, 11) is -8.92. The lowest BCUT2D eigenvalue weighted by Crippen LogP contribution is -2.60. The summed E-state index contributed by atoms with van der Waals surface area (Å²) in [5, 5.41) is 9.54. The largest absolute Gasteiger partial charge is 0.469 e. The van der Waals surface area contributed by atoms with Crippen LogP contribution in [-0.2, 0) is 21.9 Å². The standard InChI is InChI=1S/C19H43NO7Si4/c1-17(2)18(21)24-15-14-20(19(22)23)13-12-16-31(25-28(3,4)5,26-29(6,7)8)27-30(9,10)11/h1,12-16H2,2-11H3,(H,22,23). The highest BCUT2D eigenvalue weighted by molar-refractivity contribution is 6.90. The first-order valence-electron chi connectivity index (χ1n) is 10.7. The Morgan fingerprint density at radius 1 is 0.839 bits per heavy atom. The molecule has 0 bridgehead atoms. The van der Waals surface area contributed by atoms with E-state index in [1.54, 1.807) is 6.92 Å². The summed E-state index contributed by atoms with van der Waals surface area (Å²) in [4.78, 5) is 24.4. The lowest BCUT2D eigenvalue weighted by molar-refractivity contribution is -0.139. The molecule has 0 unspecified atom stereocenters. The maximum absolute atomic E-state index is 11.7. The van der Waals surface area contributed by atoms with Crippen molar-refractivity contribution in [1.82, 2.24) is 4.90 Å². The van der Waals surface area contributed by atoms with E-state index in [4.69, 9.17) is 17.1 Å². The Morgan fingerprint density at radius 3 is 1.58 bits per heavy atom. The molecule has 0 rings (SSSR count). The van der Waals surface area contributed by atoms with Gasteiger partial charge in [0.05, 0.1) is 6.54 Å². The average molecular weight is 510 g/mol. The molecule has 0 aliphatic rings. The first-order chi connectivity index (χ1) is 13.8. The summed E-state index contributed by atoms with van der Waals surface area (Å²) in [6.07, 6.45) is -0.506. The molecule has 0 atom stereocenters. The Labute approximate surface area is 192 Å². The number of nitrogens with zero attached hydrogens (tertiary/aromatic N) is 1. The van der Waals surface area contributed by atoms with Crippen molar-refractivity contribution >= 4 is 45.8 Å². The topological polar surface area (TPSA) is 94.5 Å². The van der Waals surface area contributed by atoms with Crippen molar-refractivity contribution < 1.29 is 31.8 Å². The molecule has 182 valence electrons. The highest BCUT2D eigenvalue weighted by Gasteiger charge is 2.49. The van der Waals surface area contributed by atoms with E-state index in [2.05, 4.69) is 65.5 Å². The Balaban J connectivity index is 5.36. The van der Waals surface area contributed by atoms with Crippen LogP contribution in [0.25, 0.3) is 0 Å². The van der Waals surface area contributed by atoms with Crippen LogP contribution in [0, 0.1) is 0 Å². The van der Waals surface area contributed by atoms with E-state index >= 15 is 0 Å². The molecular weight excluding hydrogens is 467 g/mol. The summed E-state index contributed by atoms with van der Waals surface area (Å²) >= 11 is 0. The maximum atomic E-state index is 11.7. The van der Waals surface area contributed by atoms with E-state index in [0.717, 1.165) is 0 Å². The van der Waals surface area contributed by atoms with Gasteiger partial charge in [-0.1, -0.05) is 6.58 Å². The second kappa shape index (κ2) is 11.9. The summed E-state index contributed by atoms with van der Waals surface area (Å²) in [6.45, 7) is 24.5. The molecule has 0 aromatic heterocycles. The van der Waals surface area contributed by atoms with Gasteiger partial charge < -0.3 is 27.1 Å². The van der Waals surface area contributed by atoms with Crippen LogP contribution < -0.4 is 0 Å². The first kappa shape index (κ1) is 30.2. The van der Waals surface area contributed by atoms with Crippen molar-refractivity contribution in [3.63, 3.8) is 0 Å². The third-order valence-electron chi connectivity index (χ3n) is 3.51. The molecule has 31 heavy (non-hydrogen) atoms. The molecule has 0 saturated carbocycles. The van der Waals surface area contributed by atoms with Gasteiger partial charge in [-0.2, -0.15) is 0 Å². The zero-order chi connectivity index (χ0) is 24.7. The molecule has 0 radical (unpaired) electrons. The second-order valence-corrected chi connectivity index (χ2v) is 27.6. The van der Waals surface area contributed by atoms with Gasteiger partial charge in [0, 0.05) is 18.2 Å². The first-order valence-corrected chi connectivity index (χ1v) is 22.8. The van der Waals surface area contributed by atoms with Crippen LogP contribution in [0.3, 0.4) is 0 Å². The van der Waals surface area contributed by atoms with Gasteiger partial charge in [-0.25, -0.2) is 9.59 Å². The van der Waals surface area contributed by atoms with Crippen molar-refractivity contribution in [1.29, 1.82) is 0 Å². The van der Waals surface area contributed by atoms with Gasteiger partial charge in [0.1, 0.15) is 6.61 Å². The molecule has 12 heteroatoms. The number of hydrogen-bond donors (Lipinski definition) is 1. The number of amides is 1. The molecule has 1 N–H and O–H groups in total. The van der Waals surface area contributed by atoms with Crippen LogP contribution >= 0.6 is 0 Å². The number of carbonyl (C=O) groups excluding carboxylic acids is 1. The van der Waals surface area contributed by atoms with Gasteiger partial charge in [-0.3, -0.25) is 0 Å². The highest BCUT2D eigenvalue weighted by atomic mass is 28.5. The van der Waals surface area contributed by atoms with Crippen LogP contribution in [0.1, 0.15) is 13.3 Å². The SMILES string of the molecule is C=C(C)C(=O)OCCN(CCC[Si](O[Si](C)(C)C)(O[Si](C)(C)C)O[Si](C)(C)C)C(=O)O. The fraction of sp³-hybridized carbons (Fsp3) is 0.789. The lowest BCUT2D eigenvalue weighted by atomic mass is 10.4. The number of carboxylic acid groups (broad SMARTS) is 1. The van der Waals surface area contributed by atoms with Gasteiger partial charge in [-0.05, 0) is 72.3 Å². The number of hydrogen-bond acceptors (Lipinski definition) is 6. The Kier molecular flexibility index (Phi) is 11.6. The molecular formula is C19H43NO7Si4. The summed E-state index contributed by atoms with van der Waals surface area (Å²) in [6, 6.07) is 0.557. The van der Waals surface area contributed by atoms with E-state index in [1.165, 1.54) is 4.90 Å². The molecule has 0 heterocycles. The van der Waals surface area contributed by atoms with Gasteiger partial charge in [-0.15, -0.1) is 0 Å². The van der Waals surface area contributed by atoms with Crippen molar-refractivity contribution in [2.45, 2.75) is 78.3 Å². The fourth-order valence-electron chi connectivity index (χ4n) is 2.78. The van der Waals surface area contributed by atoms with E-state index in [1.807, 2.05) is 0 Å². The normalized spacial score (nSPS) is 13.1. The zero-order valence-corrected chi connectivity index (χ0v) is 25.1. The van der Waals surface area contributed by atoms with Gasteiger partial charge >= 0.3 is 20.9 Å². The van der Waals surface area contributed by atoms with E-state index in [0.29, 0.717) is 12.5 Å². The maximum Gasteiger partial charge on any atom is 0.469 e. The molecule has 0 fully saturated rings. The fourth-order valence-corrected chi connectivity index (χ4v) is 17.4. The van der Waals surface area contributed by atoms with Gasteiger partial charge in [0.2, 0.25) is 0 Å². The van der Waals surface area contributed by atoms with E-state index in [-0.39, 0.29) is 25.3 Å². The summed E-state index contributed by atoms with van der Waals surface area (Å²) in [5.74, 6) is -0.521. The van der Waals surface area contributed by atoms with Crippen molar-refractivity contribution in [3.05, 3.63) is 12.2 Å². The van der Waals surface area contributed by atoms with Gasteiger partial charge in [0.25, 0.3) is 0 Å². The number of ether oxygens (including phenoxy) is 1. The monoisotopic (exact) mass is 509 g/mol. The van der Waals surface area contributed by atoms with E-state index in [9.17, 15) is 14.7 Å². The summed E-state index contributed by atoms with van der Waals surface area (Å²) in [5.41, 5.74) is 0.285. The van der Waals surface area contributed by atoms with Crippen molar-refractivity contribution in [3.8, 4) is 0 Å². The number of rotatable bonds is 14. The third kappa shape index (κ3) is 14.8. The average Bonchev–Trinajstić information content (AvgIpc) is 2.47. The second-order valence-electron chi connectivity index (χ2n) is 10.6. The van der Waals surface area contributed by atoms with Crippen molar-refractivity contribution in [2.24, 2.45) is 0 Å². The molecule has 0 saturated heterocycles. The minimum Gasteiger partial charge on any atom is -0.465 e. The summed E-state index contributed by atoms with van der Waals surface area (Å²) < 4.78 is 24.9. The highest BCUT2D eigenvalue weighted by Crippen LogP contribution is 2.30. The third-order valence-corrected chi connectivity index (χ3v) is 15.6. The molecule has 8 nitrogen and oxygen atoms in total. The number of esters is 1. The lowest BCUT2D eigenvalue weighted by Gasteiger charge is -2.43. The Hall–Kier alpha value is -0.772. The van der Waals surface area contributed by atoms with E-state index < -0.39 is 45.8 Å². The number of carbonyl (C=O) groups is 2. The smallest absolute Gasteiger partial charge is 0.465 e.